The molecule has 1 aliphatic rings. The van der Waals surface area contributed by atoms with Crippen molar-refractivity contribution < 1.29 is 17.2 Å². The Morgan fingerprint density at radius 1 is 1.14 bits per heavy atom. The number of hydrogen-bond acceptors (Lipinski definition) is 5. The summed E-state index contributed by atoms with van der Waals surface area (Å²) in [5.74, 6) is 0.116. The number of benzene rings is 1. The number of H-pyrrole nitrogens is 1. The molecule has 29 heavy (non-hydrogen) atoms. The molecule has 0 amide bonds. The van der Waals surface area contributed by atoms with Gasteiger partial charge in [0.05, 0.1) is 5.69 Å². The van der Waals surface area contributed by atoms with E-state index in [-0.39, 0.29) is 16.5 Å². The molecular weight excluding hydrogens is 400 g/mol. The van der Waals surface area contributed by atoms with Crippen LogP contribution in [0.3, 0.4) is 0 Å². The number of nitrogens with zero attached hydrogens (tertiary/aromatic N) is 3. The predicted molar refractivity (Wildman–Crippen MR) is 104 cm³/mol. The second-order valence-electron chi connectivity index (χ2n) is 6.88. The molecule has 2 N–H and O–H groups in total. The van der Waals surface area contributed by atoms with E-state index in [1.165, 1.54) is 12.3 Å². The third kappa shape index (κ3) is 4.37. The van der Waals surface area contributed by atoms with Gasteiger partial charge in [0.2, 0.25) is 0 Å². The lowest BCUT2D eigenvalue weighted by Crippen LogP contribution is -2.35. The lowest BCUT2D eigenvalue weighted by molar-refractivity contribution is 0.491. The molecule has 0 saturated carbocycles. The van der Waals surface area contributed by atoms with Crippen LogP contribution in [0.15, 0.2) is 53.8 Å². The summed E-state index contributed by atoms with van der Waals surface area (Å²) < 4.78 is 53.8. The maximum Gasteiger partial charge on any atom is 0.263 e. The Hall–Kier alpha value is -3.01. The van der Waals surface area contributed by atoms with Crippen LogP contribution in [0.1, 0.15) is 24.6 Å². The second-order valence-corrected chi connectivity index (χ2v) is 8.56. The molecule has 1 aliphatic heterocycles. The highest BCUT2D eigenvalue weighted by Gasteiger charge is 2.24. The maximum absolute atomic E-state index is 13.3. The number of pyridine rings is 1. The normalized spacial score (nSPS) is 17.3. The highest BCUT2D eigenvalue weighted by Crippen LogP contribution is 2.28. The Kier molecular flexibility index (Phi) is 5.18. The average molecular weight is 419 g/mol. The van der Waals surface area contributed by atoms with Crippen LogP contribution >= 0.6 is 0 Å². The van der Waals surface area contributed by atoms with Crippen LogP contribution in [0.2, 0.25) is 0 Å². The molecule has 1 fully saturated rings. The molecule has 0 bridgehead atoms. The van der Waals surface area contributed by atoms with Gasteiger partial charge in [-0.2, -0.15) is 0 Å². The van der Waals surface area contributed by atoms with Crippen LogP contribution in [-0.4, -0.2) is 36.5 Å². The van der Waals surface area contributed by atoms with E-state index in [9.17, 15) is 17.2 Å². The summed E-state index contributed by atoms with van der Waals surface area (Å²) in [6.45, 7) is 1.55. The SMILES string of the molecule is O=S(=O)(Nc1cc(F)cc(F)c1)c1ccc(N2CCCC(c3ncc[nH]3)C2)nc1. The van der Waals surface area contributed by atoms with Crippen molar-refractivity contribution in [1.29, 1.82) is 0 Å². The molecule has 0 spiro atoms. The summed E-state index contributed by atoms with van der Waals surface area (Å²) in [6.07, 6.45) is 6.75. The van der Waals surface area contributed by atoms with Crippen molar-refractivity contribution in [1.82, 2.24) is 15.0 Å². The van der Waals surface area contributed by atoms with Crippen molar-refractivity contribution in [3.8, 4) is 0 Å². The van der Waals surface area contributed by atoms with Crippen LogP contribution in [0, 0.1) is 11.6 Å². The number of anilines is 2. The first-order valence-electron chi connectivity index (χ1n) is 9.10. The van der Waals surface area contributed by atoms with E-state index in [0.717, 1.165) is 43.9 Å². The highest BCUT2D eigenvalue weighted by molar-refractivity contribution is 7.92. The Morgan fingerprint density at radius 3 is 2.59 bits per heavy atom. The van der Waals surface area contributed by atoms with E-state index in [4.69, 9.17) is 0 Å². The second kappa shape index (κ2) is 7.78. The number of rotatable bonds is 5. The average Bonchev–Trinajstić information content (AvgIpc) is 3.22. The van der Waals surface area contributed by atoms with Crippen molar-refractivity contribution in [3.63, 3.8) is 0 Å². The number of imidazole rings is 1. The summed E-state index contributed by atoms with van der Waals surface area (Å²) in [7, 11) is -4.02. The molecule has 1 atom stereocenters. The molecule has 10 heteroatoms. The third-order valence-corrected chi connectivity index (χ3v) is 6.16. The van der Waals surface area contributed by atoms with E-state index in [2.05, 4.69) is 24.6 Å². The van der Waals surface area contributed by atoms with E-state index in [1.54, 1.807) is 18.5 Å². The van der Waals surface area contributed by atoms with Gasteiger partial charge in [0, 0.05) is 43.7 Å². The summed E-state index contributed by atoms with van der Waals surface area (Å²) in [5.41, 5.74) is -0.191. The highest BCUT2D eigenvalue weighted by atomic mass is 32.2. The Morgan fingerprint density at radius 2 is 1.93 bits per heavy atom. The van der Waals surface area contributed by atoms with Gasteiger partial charge in [-0.25, -0.2) is 27.2 Å². The minimum atomic E-state index is -4.02. The van der Waals surface area contributed by atoms with E-state index in [1.807, 2.05) is 0 Å². The van der Waals surface area contributed by atoms with Crippen LogP contribution in [-0.2, 0) is 10.0 Å². The van der Waals surface area contributed by atoms with Crippen molar-refractivity contribution in [3.05, 3.63) is 66.4 Å². The van der Waals surface area contributed by atoms with Gasteiger partial charge in [0.25, 0.3) is 10.0 Å². The lowest BCUT2D eigenvalue weighted by atomic mass is 9.97. The number of nitrogens with one attached hydrogen (secondary N) is 2. The molecule has 7 nitrogen and oxygen atoms in total. The first-order chi connectivity index (χ1) is 13.9. The van der Waals surface area contributed by atoms with Crippen LogP contribution in [0.4, 0.5) is 20.3 Å². The third-order valence-electron chi connectivity index (χ3n) is 4.80. The zero-order valence-corrected chi connectivity index (χ0v) is 16.2. The smallest absolute Gasteiger partial charge is 0.263 e. The summed E-state index contributed by atoms with van der Waals surface area (Å²) >= 11 is 0. The fourth-order valence-electron chi connectivity index (χ4n) is 3.45. The summed E-state index contributed by atoms with van der Waals surface area (Å²) in [5, 5.41) is 0. The standard InChI is InChI=1S/C19H19F2N5O2S/c20-14-8-15(21)10-16(9-14)25-29(27,28)17-3-4-18(24-11-17)26-7-1-2-13(12-26)19-22-5-6-23-19/h3-6,8-11,13,25H,1-2,7,12H2,(H,22,23). The predicted octanol–water partition coefficient (Wildman–Crippen LogP) is 3.27. The summed E-state index contributed by atoms with van der Waals surface area (Å²) in [6, 6.07) is 5.54. The molecule has 3 heterocycles. The van der Waals surface area contributed by atoms with Crippen LogP contribution < -0.4 is 9.62 Å². The first-order valence-corrected chi connectivity index (χ1v) is 10.6. The Labute approximate surface area is 166 Å². The summed E-state index contributed by atoms with van der Waals surface area (Å²) in [4.78, 5) is 13.7. The topological polar surface area (TPSA) is 91.0 Å². The number of sulfonamides is 1. The minimum Gasteiger partial charge on any atom is -0.356 e. The van der Waals surface area contributed by atoms with Crippen LogP contribution in [0.5, 0.6) is 0 Å². The Bertz CT molecular complexity index is 1070. The molecule has 2 aromatic heterocycles. The van der Waals surface area contributed by atoms with E-state index >= 15 is 0 Å². The molecular formula is C19H19F2N5O2S. The maximum atomic E-state index is 13.3. The number of aromatic nitrogens is 3. The van der Waals surface area contributed by atoms with Gasteiger partial charge in [-0.3, -0.25) is 4.72 Å². The lowest BCUT2D eigenvalue weighted by Gasteiger charge is -2.32. The van der Waals surface area contributed by atoms with Crippen molar-refractivity contribution in [2.24, 2.45) is 0 Å². The molecule has 1 saturated heterocycles. The zero-order valence-electron chi connectivity index (χ0n) is 15.3. The van der Waals surface area contributed by atoms with Crippen molar-refractivity contribution in [2.75, 3.05) is 22.7 Å². The van der Waals surface area contributed by atoms with Gasteiger partial charge in [-0.15, -0.1) is 0 Å². The quantitative estimate of drug-likeness (QED) is 0.662. The van der Waals surface area contributed by atoms with Crippen molar-refractivity contribution >= 4 is 21.5 Å². The number of aromatic amines is 1. The Balaban J connectivity index is 1.49. The van der Waals surface area contributed by atoms with E-state index in [0.29, 0.717) is 11.9 Å². The molecule has 3 aromatic rings. The zero-order chi connectivity index (χ0) is 20.4. The van der Waals surface area contributed by atoms with Crippen molar-refractivity contribution in [2.45, 2.75) is 23.7 Å². The van der Waals surface area contributed by atoms with Gasteiger partial charge in [-0.05, 0) is 37.1 Å². The van der Waals surface area contributed by atoms with Gasteiger partial charge in [0.15, 0.2) is 0 Å². The monoisotopic (exact) mass is 419 g/mol. The fourth-order valence-corrected chi connectivity index (χ4v) is 4.44. The van der Waals surface area contributed by atoms with Gasteiger partial charge < -0.3 is 9.88 Å². The van der Waals surface area contributed by atoms with E-state index < -0.39 is 21.7 Å². The molecule has 0 aliphatic carbocycles. The van der Waals surface area contributed by atoms with Gasteiger partial charge in [0.1, 0.15) is 28.2 Å². The fraction of sp³-hybridized carbons (Fsp3) is 0.263. The molecule has 1 unspecified atom stereocenters. The number of piperidine rings is 1. The molecule has 1 aromatic carbocycles. The molecule has 0 radical (unpaired) electrons. The van der Waals surface area contributed by atoms with Gasteiger partial charge >= 0.3 is 0 Å². The number of hydrogen-bond donors (Lipinski definition) is 2. The molecule has 4 rings (SSSR count). The first kappa shape index (κ1) is 19.3. The van der Waals surface area contributed by atoms with Gasteiger partial charge in [-0.1, -0.05) is 0 Å². The molecule has 152 valence electrons. The number of halogens is 2. The van der Waals surface area contributed by atoms with Crippen LogP contribution in [0.25, 0.3) is 0 Å². The largest absolute Gasteiger partial charge is 0.356 e. The minimum absolute atomic E-state index is 0.0921.